The van der Waals surface area contributed by atoms with Crippen molar-refractivity contribution >= 4 is 27.3 Å². The van der Waals surface area contributed by atoms with Crippen molar-refractivity contribution in [3.8, 4) is 0 Å². The van der Waals surface area contributed by atoms with Crippen LogP contribution in [0.4, 0.5) is 0 Å². The van der Waals surface area contributed by atoms with Crippen LogP contribution in [0.2, 0.25) is 0 Å². The molecule has 1 heterocycles. The van der Waals surface area contributed by atoms with E-state index in [1.165, 1.54) is 11.3 Å². The average molecular weight is 439 g/mol. The van der Waals surface area contributed by atoms with Gasteiger partial charge in [0, 0.05) is 35.3 Å². The summed E-state index contributed by atoms with van der Waals surface area (Å²) in [6, 6.07) is 11.5. The Kier molecular flexibility index (Phi) is 9.09. The molecule has 0 aliphatic rings. The van der Waals surface area contributed by atoms with E-state index < -0.39 is 10.0 Å². The van der Waals surface area contributed by atoms with Crippen molar-refractivity contribution in [3.63, 3.8) is 0 Å². The van der Waals surface area contributed by atoms with E-state index in [4.69, 9.17) is 0 Å². The monoisotopic (exact) mass is 438 g/mol. The average Bonchev–Trinajstić information content (AvgIpc) is 3.05. The molecule has 29 heavy (non-hydrogen) atoms. The molecule has 0 spiro atoms. The Balaban J connectivity index is 1.90. The van der Waals surface area contributed by atoms with E-state index in [9.17, 15) is 13.5 Å². The van der Waals surface area contributed by atoms with Gasteiger partial charge in [-0.3, -0.25) is 4.99 Å². The van der Waals surface area contributed by atoms with Gasteiger partial charge in [0.15, 0.2) is 5.96 Å². The van der Waals surface area contributed by atoms with Gasteiger partial charge in [-0.05, 0) is 32.4 Å². The summed E-state index contributed by atoms with van der Waals surface area (Å²) in [5, 5.41) is 15.9. The minimum absolute atomic E-state index is 0.00608. The fourth-order valence-corrected chi connectivity index (χ4v) is 5.44. The number of guanidine groups is 1. The molecule has 1 atom stereocenters. The van der Waals surface area contributed by atoms with E-state index in [-0.39, 0.29) is 19.1 Å². The Labute approximate surface area is 177 Å². The Hall–Kier alpha value is -1.94. The SMILES string of the molecule is CCNC(=NCC(CO)c1ccccc1)NCCNS(=O)(=O)c1cc(C)sc1C. The third kappa shape index (κ3) is 7.11. The molecule has 2 rings (SSSR count). The summed E-state index contributed by atoms with van der Waals surface area (Å²) >= 11 is 1.47. The van der Waals surface area contributed by atoms with Gasteiger partial charge in [-0.25, -0.2) is 13.1 Å². The Morgan fingerprint density at radius 2 is 1.90 bits per heavy atom. The van der Waals surface area contributed by atoms with Gasteiger partial charge in [-0.1, -0.05) is 30.3 Å². The summed E-state index contributed by atoms with van der Waals surface area (Å²) in [5.74, 6) is 0.499. The standard InChI is InChI=1S/C20H30N4O3S2/c1-4-21-20(23-13-18(14-25)17-8-6-5-7-9-17)22-10-11-24-29(26,27)19-12-15(2)28-16(19)3/h5-9,12,18,24-25H,4,10-11,13-14H2,1-3H3,(H2,21,22,23). The van der Waals surface area contributed by atoms with E-state index in [0.717, 1.165) is 15.3 Å². The molecule has 1 unspecified atom stereocenters. The van der Waals surface area contributed by atoms with Crippen LogP contribution in [-0.4, -0.2) is 52.3 Å². The van der Waals surface area contributed by atoms with Crippen LogP contribution < -0.4 is 15.4 Å². The molecular formula is C20H30N4O3S2. The molecule has 0 fully saturated rings. The zero-order chi connectivity index (χ0) is 21.3. The summed E-state index contributed by atoms with van der Waals surface area (Å²) in [5.41, 5.74) is 1.03. The van der Waals surface area contributed by atoms with Gasteiger partial charge in [0.2, 0.25) is 10.0 Å². The fourth-order valence-electron chi connectivity index (χ4n) is 2.86. The van der Waals surface area contributed by atoms with Crippen LogP contribution in [0, 0.1) is 13.8 Å². The molecule has 0 aliphatic carbocycles. The third-order valence-corrected chi connectivity index (χ3v) is 6.98. The van der Waals surface area contributed by atoms with E-state index >= 15 is 0 Å². The summed E-state index contributed by atoms with van der Waals surface area (Å²) < 4.78 is 27.5. The molecule has 0 amide bonds. The number of aryl methyl sites for hydroxylation is 2. The maximum Gasteiger partial charge on any atom is 0.241 e. The summed E-state index contributed by atoms with van der Waals surface area (Å²) in [6.45, 7) is 7.41. The number of aliphatic imine (C=N–C) groups is 1. The molecule has 0 saturated heterocycles. The van der Waals surface area contributed by atoms with E-state index in [1.54, 1.807) is 6.07 Å². The van der Waals surface area contributed by atoms with Crippen LogP contribution in [-0.2, 0) is 10.0 Å². The lowest BCUT2D eigenvalue weighted by atomic mass is 10.0. The smallest absolute Gasteiger partial charge is 0.241 e. The van der Waals surface area contributed by atoms with Crippen molar-refractivity contribution < 1.29 is 13.5 Å². The summed E-state index contributed by atoms with van der Waals surface area (Å²) in [4.78, 5) is 6.63. The number of sulfonamides is 1. The van der Waals surface area contributed by atoms with Crippen molar-refractivity contribution in [1.29, 1.82) is 0 Å². The maximum atomic E-state index is 12.4. The van der Waals surface area contributed by atoms with Crippen LogP contribution in [0.3, 0.4) is 0 Å². The van der Waals surface area contributed by atoms with Crippen molar-refractivity contribution in [2.24, 2.45) is 4.99 Å². The first-order chi connectivity index (χ1) is 13.9. The zero-order valence-corrected chi connectivity index (χ0v) is 18.7. The first-order valence-electron chi connectivity index (χ1n) is 9.62. The van der Waals surface area contributed by atoms with Crippen molar-refractivity contribution in [2.45, 2.75) is 31.6 Å². The molecule has 0 aliphatic heterocycles. The van der Waals surface area contributed by atoms with Gasteiger partial charge in [0.1, 0.15) is 0 Å². The number of aliphatic hydroxyl groups is 1. The number of thiophene rings is 1. The van der Waals surface area contributed by atoms with E-state index in [0.29, 0.717) is 30.5 Å². The van der Waals surface area contributed by atoms with Crippen molar-refractivity contribution in [1.82, 2.24) is 15.4 Å². The third-order valence-electron chi connectivity index (χ3n) is 4.30. The highest BCUT2D eigenvalue weighted by molar-refractivity contribution is 7.89. The van der Waals surface area contributed by atoms with Crippen LogP contribution in [0.15, 0.2) is 46.3 Å². The zero-order valence-electron chi connectivity index (χ0n) is 17.1. The lowest BCUT2D eigenvalue weighted by molar-refractivity contribution is 0.268. The quantitative estimate of drug-likeness (QED) is 0.258. The predicted octanol–water partition coefficient (Wildman–Crippen LogP) is 1.97. The minimum atomic E-state index is -3.52. The lowest BCUT2D eigenvalue weighted by Gasteiger charge is -2.15. The highest BCUT2D eigenvalue weighted by Crippen LogP contribution is 2.24. The van der Waals surface area contributed by atoms with Gasteiger partial charge in [-0.2, -0.15) is 0 Å². The second kappa shape index (κ2) is 11.3. The molecule has 9 heteroatoms. The molecular weight excluding hydrogens is 408 g/mol. The molecule has 1 aromatic heterocycles. The van der Waals surface area contributed by atoms with Gasteiger partial charge >= 0.3 is 0 Å². The largest absolute Gasteiger partial charge is 0.396 e. The molecule has 0 radical (unpaired) electrons. The number of nitrogens with one attached hydrogen (secondary N) is 3. The number of nitrogens with zero attached hydrogens (tertiary/aromatic N) is 1. The summed E-state index contributed by atoms with van der Waals surface area (Å²) in [7, 11) is -3.52. The van der Waals surface area contributed by atoms with E-state index in [1.807, 2.05) is 51.1 Å². The van der Waals surface area contributed by atoms with Crippen molar-refractivity contribution in [3.05, 3.63) is 51.7 Å². The fraction of sp³-hybridized carbons (Fsp3) is 0.450. The maximum absolute atomic E-state index is 12.4. The molecule has 1 aromatic carbocycles. The van der Waals surface area contributed by atoms with E-state index in [2.05, 4.69) is 20.3 Å². The van der Waals surface area contributed by atoms with Crippen LogP contribution in [0.1, 0.15) is 28.2 Å². The second-order valence-corrected chi connectivity index (χ2v) is 9.81. The highest BCUT2D eigenvalue weighted by Gasteiger charge is 2.18. The van der Waals surface area contributed by atoms with Crippen LogP contribution in [0.25, 0.3) is 0 Å². The highest BCUT2D eigenvalue weighted by atomic mass is 32.2. The van der Waals surface area contributed by atoms with Gasteiger partial charge in [0.05, 0.1) is 18.0 Å². The lowest BCUT2D eigenvalue weighted by Crippen LogP contribution is -2.41. The number of hydrogen-bond donors (Lipinski definition) is 4. The van der Waals surface area contributed by atoms with Crippen LogP contribution >= 0.6 is 11.3 Å². The molecule has 2 aromatic rings. The first-order valence-corrected chi connectivity index (χ1v) is 11.9. The minimum Gasteiger partial charge on any atom is -0.396 e. The topological polar surface area (TPSA) is 103 Å². The Bertz CT molecular complexity index is 896. The molecule has 4 N–H and O–H groups in total. The number of benzene rings is 1. The number of rotatable bonds is 10. The Morgan fingerprint density at radius 1 is 1.17 bits per heavy atom. The Morgan fingerprint density at radius 3 is 2.48 bits per heavy atom. The molecule has 160 valence electrons. The second-order valence-electron chi connectivity index (χ2n) is 6.61. The van der Waals surface area contributed by atoms with Gasteiger partial charge in [0.25, 0.3) is 0 Å². The molecule has 7 nitrogen and oxygen atoms in total. The van der Waals surface area contributed by atoms with Crippen LogP contribution in [0.5, 0.6) is 0 Å². The first kappa shape index (κ1) is 23.3. The number of hydrogen-bond acceptors (Lipinski definition) is 5. The molecule has 0 bridgehead atoms. The van der Waals surface area contributed by atoms with Gasteiger partial charge < -0.3 is 15.7 Å². The number of aliphatic hydroxyl groups excluding tert-OH is 1. The van der Waals surface area contributed by atoms with Crippen molar-refractivity contribution in [2.75, 3.05) is 32.8 Å². The predicted molar refractivity (Wildman–Crippen MR) is 119 cm³/mol. The summed E-state index contributed by atoms with van der Waals surface area (Å²) in [6.07, 6.45) is 0. The molecule has 0 saturated carbocycles. The van der Waals surface area contributed by atoms with Gasteiger partial charge in [-0.15, -0.1) is 11.3 Å². The normalized spacial score (nSPS) is 13.3.